The van der Waals surface area contributed by atoms with Crippen LogP contribution in [-0.4, -0.2) is 26.5 Å². The topological polar surface area (TPSA) is 57.7 Å². The van der Waals surface area contributed by atoms with Crippen LogP contribution in [0.15, 0.2) is 79.0 Å². The number of hydrogen-bond acceptors (Lipinski definition) is 4. The van der Waals surface area contributed by atoms with Crippen LogP contribution < -0.4 is 0 Å². The van der Waals surface area contributed by atoms with Crippen LogP contribution in [0.3, 0.4) is 0 Å². The lowest BCUT2D eigenvalue weighted by Crippen LogP contribution is -2.21. The minimum absolute atomic E-state index is 0.667. The van der Waals surface area contributed by atoms with Crippen molar-refractivity contribution >= 4 is 17.1 Å². The molecule has 30 heavy (non-hydrogen) atoms. The maximum atomic E-state index is 8.84. The molecule has 0 fully saturated rings. The summed E-state index contributed by atoms with van der Waals surface area (Å²) in [6, 6.07) is 24.6. The molecule has 0 saturated heterocycles. The van der Waals surface area contributed by atoms with Gasteiger partial charge in [0.25, 0.3) is 0 Å². The van der Waals surface area contributed by atoms with Crippen LogP contribution in [0, 0.1) is 11.3 Å². The van der Waals surface area contributed by atoms with Crippen LogP contribution in [0.2, 0.25) is 0 Å². The zero-order valence-electron chi connectivity index (χ0n) is 16.9. The zero-order valence-corrected chi connectivity index (χ0v) is 16.9. The second-order valence-corrected chi connectivity index (χ2v) is 7.26. The van der Waals surface area contributed by atoms with Crippen LogP contribution >= 0.6 is 0 Å². The molecule has 2 aromatic heterocycles. The van der Waals surface area contributed by atoms with Gasteiger partial charge in [-0.3, -0.25) is 9.88 Å². The van der Waals surface area contributed by atoms with E-state index in [-0.39, 0.29) is 0 Å². The molecule has 0 unspecified atom stereocenters. The summed E-state index contributed by atoms with van der Waals surface area (Å²) in [5.74, 6) is 1.02. The maximum Gasteiger partial charge on any atom is 0.124 e. The second-order valence-electron chi connectivity index (χ2n) is 7.26. The first-order valence-corrected chi connectivity index (χ1v) is 9.91. The van der Waals surface area contributed by atoms with Crippen LogP contribution in [-0.2, 0) is 19.6 Å². The van der Waals surface area contributed by atoms with E-state index in [9.17, 15) is 0 Å². The molecule has 0 radical (unpaired) electrons. The van der Waals surface area contributed by atoms with Gasteiger partial charge in [-0.1, -0.05) is 48.5 Å². The highest BCUT2D eigenvalue weighted by Crippen LogP contribution is 2.20. The largest absolute Gasteiger partial charge is 0.322 e. The molecular weight excluding hydrogens is 370 g/mol. The number of aromatic nitrogens is 3. The molecule has 2 aromatic carbocycles. The van der Waals surface area contributed by atoms with Gasteiger partial charge < -0.3 is 4.57 Å². The molecule has 0 atom stereocenters. The summed E-state index contributed by atoms with van der Waals surface area (Å²) in [7, 11) is 2.07. The fourth-order valence-corrected chi connectivity index (χ4v) is 3.60. The number of hydrogen-bond donors (Lipinski definition) is 0. The molecule has 4 rings (SSSR count). The minimum Gasteiger partial charge on any atom is -0.322 e. The molecule has 0 bridgehead atoms. The average Bonchev–Trinajstić information content (AvgIpc) is 3.10. The summed E-state index contributed by atoms with van der Waals surface area (Å²) in [6.07, 6.45) is 5.08. The Kier molecular flexibility index (Phi) is 5.98. The second kappa shape index (κ2) is 9.17. The first kappa shape index (κ1) is 19.6. The Morgan fingerprint density at radius 3 is 2.63 bits per heavy atom. The van der Waals surface area contributed by atoms with Crippen LogP contribution in [0.4, 0.5) is 0 Å². The number of pyridine rings is 1. The van der Waals surface area contributed by atoms with Gasteiger partial charge in [0.2, 0.25) is 0 Å². The molecule has 0 aliphatic rings. The minimum atomic E-state index is 0.667. The number of imidazole rings is 1. The summed E-state index contributed by atoms with van der Waals surface area (Å²) < 4.78 is 2.29. The van der Waals surface area contributed by atoms with E-state index in [1.165, 1.54) is 11.6 Å². The van der Waals surface area contributed by atoms with Gasteiger partial charge in [-0.25, -0.2) is 4.98 Å². The van der Waals surface area contributed by atoms with Crippen molar-refractivity contribution in [1.82, 2.24) is 19.4 Å². The fraction of sp³-hybridized carbons (Fsp3) is 0.160. The van der Waals surface area contributed by atoms with Gasteiger partial charge in [0, 0.05) is 25.4 Å². The molecule has 0 spiro atoms. The molecule has 5 heteroatoms. The van der Waals surface area contributed by atoms with Crippen molar-refractivity contribution in [2.45, 2.75) is 19.6 Å². The van der Waals surface area contributed by atoms with E-state index in [0.29, 0.717) is 13.1 Å². The van der Waals surface area contributed by atoms with Crippen LogP contribution in [0.1, 0.15) is 22.6 Å². The monoisotopic (exact) mass is 393 g/mol. The highest BCUT2D eigenvalue weighted by atomic mass is 15.2. The molecule has 148 valence electrons. The van der Waals surface area contributed by atoms with Gasteiger partial charge in [-0.05, 0) is 42.4 Å². The number of nitriles is 1. The Balaban J connectivity index is 1.60. The summed E-state index contributed by atoms with van der Waals surface area (Å²) in [4.78, 5) is 11.6. The molecule has 0 amide bonds. The Hall–Kier alpha value is -3.75. The third kappa shape index (κ3) is 4.45. The lowest BCUT2D eigenvalue weighted by atomic mass is 10.1. The van der Waals surface area contributed by atoms with Crippen LogP contribution in [0.5, 0.6) is 0 Å². The van der Waals surface area contributed by atoms with Crippen molar-refractivity contribution in [1.29, 1.82) is 5.26 Å². The van der Waals surface area contributed by atoms with Crippen LogP contribution in [0.25, 0.3) is 17.1 Å². The first-order valence-electron chi connectivity index (χ1n) is 9.91. The number of nitrogens with zero attached hydrogens (tertiary/aromatic N) is 5. The van der Waals surface area contributed by atoms with Gasteiger partial charge in [-0.15, -0.1) is 0 Å². The zero-order chi connectivity index (χ0) is 20.8. The number of para-hydroxylation sites is 2. The van der Waals surface area contributed by atoms with E-state index < -0.39 is 0 Å². The van der Waals surface area contributed by atoms with Gasteiger partial charge in [0.15, 0.2) is 0 Å². The summed E-state index contributed by atoms with van der Waals surface area (Å²) in [5.41, 5.74) is 5.30. The normalized spacial score (nSPS) is 11.4. The van der Waals surface area contributed by atoms with Gasteiger partial charge in [-0.2, -0.15) is 5.26 Å². The van der Waals surface area contributed by atoms with E-state index in [4.69, 9.17) is 10.2 Å². The smallest absolute Gasteiger partial charge is 0.124 e. The Morgan fingerprint density at radius 1 is 1.00 bits per heavy atom. The predicted molar refractivity (Wildman–Crippen MR) is 119 cm³/mol. The van der Waals surface area contributed by atoms with E-state index in [1.54, 1.807) is 12.3 Å². The Bertz CT molecular complexity index is 1200. The molecule has 0 N–H and O–H groups in total. The SMILES string of the molecule is CN(Cc1ncccc1/C=C\C#N)Cc1nc2ccccc2n1Cc1ccccc1. The van der Waals surface area contributed by atoms with E-state index in [1.807, 2.05) is 30.3 Å². The summed E-state index contributed by atoms with van der Waals surface area (Å²) in [6.45, 7) is 2.14. The molecule has 0 saturated carbocycles. The summed E-state index contributed by atoms with van der Waals surface area (Å²) in [5, 5.41) is 8.84. The van der Waals surface area contributed by atoms with Crippen molar-refractivity contribution in [2.24, 2.45) is 0 Å². The third-order valence-electron chi connectivity index (χ3n) is 5.01. The number of benzene rings is 2. The summed E-state index contributed by atoms with van der Waals surface area (Å²) >= 11 is 0. The van der Waals surface area contributed by atoms with Gasteiger partial charge in [0.1, 0.15) is 5.82 Å². The first-order chi connectivity index (χ1) is 14.7. The van der Waals surface area contributed by atoms with Crippen molar-refractivity contribution in [3.8, 4) is 6.07 Å². The maximum absolute atomic E-state index is 8.84. The highest BCUT2D eigenvalue weighted by molar-refractivity contribution is 5.76. The van der Waals surface area contributed by atoms with Gasteiger partial charge >= 0.3 is 0 Å². The fourth-order valence-electron chi connectivity index (χ4n) is 3.60. The molecule has 0 aliphatic heterocycles. The standard InChI is InChI=1S/C25H23N5/c1-29(18-23-21(11-7-15-26)12-8-16-27-23)19-25-28-22-13-5-6-14-24(22)30(25)17-20-9-3-2-4-10-20/h2-14,16H,17-19H2,1H3/b11-7-. The van der Waals surface area contributed by atoms with Crippen molar-refractivity contribution in [3.05, 3.63) is 102 Å². The van der Waals surface area contributed by atoms with E-state index >= 15 is 0 Å². The number of fused-ring (bicyclic) bond motifs is 1. The van der Waals surface area contributed by atoms with Crippen molar-refractivity contribution in [3.63, 3.8) is 0 Å². The quantitative estimate of drug-likeness (QED) is 0.429. The molecule has 2 heterocycles. The van der Waals surface area contributed by atoms with E-state index in [2.05, 4.69) is 64.0 Å². The molecular formula is C25H23N5. The molecule has 5 nitrogen and oxygen atoms in total. The highest BCUT2D eigenvalue weighted by Gasteiger charge is 2.14. The predicted octanol–water partition coefficient (Wildman–Crippen LogP) is 4.65. The molecule has 0 aliphatic carbocycles. The lowest BCUT2D eigenvalue weighted by molar-refractivity contribution is 0.303. The van der Waals surface area contributed by atoms with Crippen molar-refractivity contribution in [2.75, 3.05) is 7.05 Å². The average molecular weight is 393 g/mol. The Labute approximate surface area is 176 Å². The van der Waals surface area contributed by atoms with Gasteiger partial charge in [0.05, 0.1) is 29.3 Å². The Morgan fingerprint density at radius 2 is 1.80 bits per heavy atom. The molecule has 4 aromatic rings. The number of rotatable bonds is 7. The third-order valence-corrected chi connectivity index (χ3v) is 5.01. The van der Waals surface area contributed by atoms with Crippen molar-refractivity contribution < 1.29 is 0 Å². The lowest BCUT2D eigenvalue weighted by Gasteiger charge is -2.18. The number of allylic oxidation sites excluding steroid dienone is 1. The van der Waals surface area contributed by atoms with E-state index in [0.717, 1.165) is 34.7 Å².